The summed E-state index contributed by atoms with van der Waals surface area (Å²) in [5.74, 6) is 1.27. The fourth-order valence-corrected chi connectivity index (χ4v) is 7.54. The number of hydrogen-bond acceptors (Lipinski definition) is 4. The first-order chi connectivity index (χ1) is 16.5. The highest BCUT2D eigenvalue weighted by Gasteiger charge is 2.29. The molecule has 0 fully saturated rings. The Bertz CT molecular complexity index is 1090. The Hall–Kier alpha value is -1.75. The normalized spacial score (nSPS) is 13.6. The highest BCUT2D eigenvalue weighted by molar-refractivity contribution is 8.17. The minimum absolute atomic E-state index is 0.134. The first-order valence-corrected chi connectivity index (χ1v) is 14.4. The van der Waals surface area contributed by atoms with Crippen molar-refractivity contribution in [1.82, 2.24) is 4.98 Å². The molecule has 0 aliphatic rings. The van der Waals surface area contributed by atoms with Crippen LogP contribution in [0.25, 0.3) is 0 Å². The minimum Gasteiger partial charge on any atom is -0.386 e. The van der Waals surface area contributed by atoms with Gasteiger partial charge >= 0.3 is 0 Å². The summed E-state index contributed by atoms with van der Waals surface area (Å²) in [6, 6.07) is 15.1. The van der Waals surface area contributed by atoms with E-state index in [0.29, 0.717) is 17.8 Å². The van der Waals surface area contributed by atoms with Gasteiger partial charge in [0.1, 0.15) is 6.10 Å². The Balaban J connectivity index is 2.15. The molecule has 188 valence electrons. The van der Waals surface area contributed by atoms with Gasteiger partial charge in [-0.1, -0.05) is 89.2 Å². The highest BCUT2D eigenvalue weighted by Crippen LogP contribution is 2.48. The summed E-state index contributed by atoms with van der Waals surface area (Å²) in [6.45, 7) is 20.0. The van der Waals surface area contributed by atoms with Gasteiger partial charge in [-0.2, -0.15) is 0 Å². The van der Waals surface area contributed by atoms with Crippen LogP contribution in [0.15, 0.2) is 58.6 Å². The fourth-order valence-electron chi connectivity index (χ4n) is 4.62. The van der Waals surface area contributed by atoms with E-state index in [0.717, 1.165) is 21.7 Å². The molecule has 0 spiro atoms. The molecule has 35 heavy (non-hydrogen) atoms. The minimum atomic E-state index is -0.627. The van der Waals surface area contributed by atoms with Crippen molar-refractivity contribution in [3.63, 3.8) is 0 Å². The second-order valence-corrected chi connectivity index (χ2v) is 13.1. The molecule has 0 saturated heterocycles. The van der Waals surface area contributed by atoms with Gasteiger partial charge in [0.2, 0.25) is 0 Å². The van der Waals surface area contributed by atoms with Crippen LogP contribution in [0.4, 0.5) is 0 Å². The van der Waals surface area contributed by atoms with E-state index in [1.807, 2.05) is 36.2 Å². The number of pyridine rings is 1. The average Bonchev–Trinajstić information content (AvgIpc) is 2.78. The lowest BCUT2D eigenvalue weighted by molar-refractivity contribution is 0.194. The molecule has 0 amide bonds. The van der Waals surface area contributed by atoms with Crippen LogP contribution in [0.1, 0.15) is 104 Å². The van der Waals surface area contributed by atoms with Crippen molar-refractivity contribution in [3.05, 3.63) is 87.6 Å². The molecule has 0 aliphatic heterocycles. The van der Waals surface area contributed by atoms with Crippen LogP contribution in [-0.4, -0.2) is 14.7 Å². The number of aryl methyl sites for hydroxylation is 3. The van der Waals surface area contributed by atoms with E-state index in [1.54, 1.807) is 11.8 Å². The number of nitrogens with zero attached hydrogens (tertiary/aromatic N) is 1. The largest absolute Gasteiger partial charge is 0.386 e. The molecule has 1 N–H and O–H groups in total. The molecular weight excluding hydrogens is 466 g/mol. The lowest BCUT2D eigenvalue weighted by Gasteiger charge is -2.29. The van der Waals surface area contributed by atoms with E-state index in [2.05, 4.69) is 91.6 Å². The summed E-state index contributed by atoms with van der Waals surface area (Å²) >= 11 is 3.47. The number of rotatable bonds is 9. The van der Waals surface area contributed by atoms with Gasteiger partial charge in [-0.25, -0.2) is 4.98 Å². The number of aliphatic hydroxyl groups excluding tert-OH is 1. The number of aliphatic hydroxyl groups is 1. The third-order valence-electron chi connectivity index (χ3n) is 6.48. The van der Waals surface area contributed by atoms with E-state index >= 15 is 0 Å². The first-order valence-electron chi connectivity index (χ1n) is 12.7. The Kier molecular flexibility index (Phi) is 9.53. The van der Waals surface area contributed by atoms with E-state index < -0.39 is 6.10 Å². The molecule has 3 rings (SSSR count). The molecule has 0 saturated carbocycles. The third-order valence-corrected chi connectivity index (χ3v) is 9.23. The van der Waals surface area contributed by atoms with Crippen LogP contribution >= 0.6 is 23.5 Å². The number of thioether (sulfide) groups is 2. The maximum Gasteiger partial charge on any atom is 0.101 e. The zero-order chi connectivity index (χ0) is 25.9. The van der Waals surface area contributed by atoms with Crippen molar-refractivity contribution in [1.29, 1.82) is 0 Å². The molecule has 1 aromatic heterocycles. The lowest BCUT2D eigenvalue weighted by atomic mass is 9.89. The van der Waals surface area contributed by atoms with Crippen molar-refractivity contribution in [2.45, 2.75) is 101 Å². The Morgan fingerprint density at radius 2 is 1.31 bits per heavy atom. The standard InChI is InChI=1S/C31H41NOS2/c1-18(2)24-16-25(19(3)4)30(26(17-24)20(5)6)35-31(34-27-12-10-11-13-32-27)29(33)28-22(8)14-21(7)15-23(28)9/h10-20,29,31,33H,1-9H3/t29-,31+/m0/s1. The van der Waals surface area contributed by atoms with Gasteiger partial charge in [0.15, 0.2) is 0 Å². The molecule has 3 aromatic rings. The van der Waals surface area contributed by atoms with Crippen molar-refractivity contribution < 1.29 is 5.11 Å². The Morgan fingerprint density at radius 3 is 1.77 bits per heavy atom. The van der Waals surface area contributed by atoms with Crippen LogP contribution in [0.5, 0.6) is 0 Å². The molecule has 0 unspecified atom stereocenters. The van der Waals surface area contributed by atoms with Crippen LogP contribution in [0, 0.1) is 20.8 Å². The van der Waals surface area contributed by atoms with E-state index in [1.165, 1.54) is 27.1 Å². The molecule has 2 nitrogen and oxygen atoms in total. The van der Waals surface area contributed by atoms with Gasteiger partial charge in [-0.05, 0) is 84.0 Å². The van der Waals surface area contributed by atoms with Crippen LogP contribution in [0.2, 0.25) is 0 Å². The maximum absolute atomic E-state index is 11.9. The Labute approximate surface area is 221 Å². The van der Waals surface area contributed by atoms with Gasteiger partial charge in [0, 0.05) is 11.1 Å². The first kappa shape index (κ1) is 27.8. The molecule has 0 radical (unpaired) electrons. The van der Waals surface area contributed by atoms with Crippen LogP contribution in [0.3, 0.4) is 0 Å². The van der Waals surface area contributed by atoms with E-state index in [9.17, 15) is 5.11 Å². The Morgan fingerprint density at radius 1 is 0.743 bits per heavy atom. The van der Waals surface area contributed by atoms with Crippen LogP contribution < -0.4 is 0 Å². The monoisotopic (exact) mass is 507 g/mol. The van der Waals surface area contributed by atoms with Gasteiger partial charge in [0.25, 0.3) is 0 Å². The summed E-state index contributed by atoms with van der Waals surface area (Å²) in [4.78, 5) is 5.90. The molecule has 2 aromatic carbocycles. The number of benzene rings is 2. The van der Waals surface area contributed by atoms with Gasteiger partial charge in [-0.3, -0.25) is 0 Å². The van der Waals surface area contributed by atoms with Crippen molar-refractivity contribution in [2.24, 2.45) is 0 Å². The zero-order valence-corrected chi connectivity index (χ0v) is 24.3. The van der Waals surface area contributed by atoms with Crippen molar-refractivity contribution in [2.75, 3.05) is 0 Å². The molecule has 4 heteroatoms. The summed E-state index contributed by atoms with van der Waals surface area (Å²) in [5, 5.41) is 12.8. The highest BCUT2D eigenvalue weighted by atomic mass is 32.2. The second kappa shape index (κ2) is 12.0. The summed E-state index contributed by atoms with van der Waals surface area (Å²) < 4.78 is -0.134. The molecule has 2 atom stereocenters. The second-order valence-electron chi connectivity index (χ2n) is 10.5. The van der Waals surface area contributed by atoms with Crippen molar-refractivity contribution >= 4 is 23.5 Å². The van der Waals surface area contributed by atoms with Gasteiger partial charge < -0.3 is 5.11 Å². The number of aromatic nitrogens is 1. The van der Waals surface area contributed by atoms with Gasteiger partial charge in [0.05, 0.1) is 9.61 Å². The van der Waals surface area contributed by atoms with Gasteiger partial charge in [-0.15, -0.1) is 11.8 Å². The topological polar surface area (TPSA) is 33.1 Å². The van der Waals surface area contributed by atoms with Crippen molar-refractivity contribution in [3.8, 4) is 0 Å². The van der Waals surface area contributed by atoms with E-state index in [-0.39, 0.29) is 4.58 Å². The summed E-state index contributed by atoms with van der Waals surface area (Å²) in [7, 11) is 0. The number of hydrogen-bond donors (Lipinski definition) is 1. The summed E-state index contributed by atoms with van der Waals surface area (Å²) in [6.07, 6.45) is 1.20. The maximum atomic E-state index is 11.9. The molecule has 0 aliphatic carbocycles. The molecular formula is C31H41NOS2. The SMILES string of the molecule is Cc1cc(C)c([C@H](O)[C@H](Sc2ccccn2)Sc2c(C(C)C)cc(C(C)C)cc2C(C)C)c(C)c1. The lowest BCUT2D eigenvalue weighted by Crippen LogP contribution is -2.16. The summed E-state index contributed by atoms with van der Waals surface area (Å²) in [5.41, 5.74) is 8.69. The van der Waals surface area contributed by atoms with Crippen LogP contribution in [-0.2, 0) is 0 Å². The van der Waals surface area contributed by atoms with E-state index in [4.69, 9.17) is 0 Å². The molecule has 1 heterocycles. The average molecular weight is 508 g/mol. The molecule has 0 bridgehead atoms. The predicted molar refractivity (Wildman–Crippen MR) is 154 cm³/mol. The fraction of sp³-hybridized carbons (Fsp3) is 0.452. The zero-order valence-electron chi connectivity index (χ0n) is 22.7. The predicted octanol–water partition coefficient (Wildman–Crippen LogP) is 9.32. The smallest absolute Gasteiger partial charge is 0.101 e. The quantitative estimate of drug-likeness (QED) is 0.231. The third kappa shape index (κ3) is 6.72.